The quantitative estimate of drug-likeness (QED) is 0.540. The van der Waals surface area contributed by atoms with Crippen LogP contribution in [-0.4, -0.2) is 69.4 Å². The van der Waals surface area contributed by atoms with Gasteiger partial charge in [0.25, 0.3) is 11.8 Å². The van der Waals surface area contributed by atoms with Crippen LogP contribution in [0.3, 0.4) is 0 Å². The minimum Gasteiger partial charge on any atom is -0.493 e. The predicted molar refractivity (Wildman–Crippen MR) is 128 cm³/mol. The third-order valence-electron chi connectivity index (χ3n) is 6.31. The third-order valence-corrected chi connectivity index (χ3v) is 6.57. The highest BCUT2D eigenvalue weighted by atomic mass is 35.5. The third kappa shape index (κ3) is 4.74. The van der Waals surface area contributed by atoms with Crippen LogP contribution in [0.15, 0.2) is 48.5 Å². The van der Waals surface area contributed by atoms with Crippen molar-refractivity contribution in [1.29, 1.82) is 0 Å². The predicted octanol–water partition coefficient (Wildman–Crippen LogP) is 3.20. The molecule has 1 aromatic heterocycles. The zero-order valence-electron chi connectivity index (χ0n) is 19.4. The van der Waals surface area contributed by atoms with Crippen LogP contribution in [0.2, 0.25) is 5.02 Å². The van der Waals surface area contributed by atoms with Gasteiger partial charge in [0.1, 0.15) is 11.9 Å². The number of carbonyl (C=O) groups excluding carboxylic acids is 2. The minimum absolute atomic E-state index is 0.0937. The summed E-state index contributed by atoms with van der Waals surface area (Å²) in [6, 6.07) is 14.7. The number of benzene rings is 2. The summed E-state index contributed by atoms with van der Waals surface area (Å²) in [5, 5.41) is 9.05. The number of hydrogen-bond donors (Lipinski definition) is 0. The van der Waals surface area contributed by atoms with Crippen LogP contribution >= 0.6 is 11.6 Å². The van der Waals surface area contributed by atoms with Gasteiger partial charge < -0.3 is 19.3 Å². The maximum absolute atomic E-state index is 13.2. The number of para-hydroxylation sites is 1. The second-order valence-electron chi connectivity index (χ2n) is 8.43. The molecular weight excluding hydrogens is 470 g/mol. The Balaban J connectivity index is 1.22. The zero-order chi connectivity index (χ0) is 24.4. The smallest absolute Gasteiger partial charge is 0.276 e. The van der Waals surface area contributed by atoms with Crippen molar-refractivity contribution in [2.45, 2.75) is 26.2 Å². The van der Waals surface area contributed by atoms with Crippen molar-refractivity contribution in [3.8, 4) is 5.75 Å². The molecule has 3 heterocycles. The Morgan fingerprint density at radius 2 is 1.71 bits per heavy atom. The van der Waals surface area contributed by atoms with Crippen LogP contribution in [-0.2, 0) is 17.9 Å². The van der Waals surface area contributed by atoms with E-state index in [-0.39, 0.29) is 24.5 Å². The molecule has 3 aromatic rings. The number of halogens is 1. The first-order chi connectivity index (χ1) is 17.0. The number of carbonyl (C=O) groups is 2. The summed E-state index contributed by atoms with van der Waals surface area (Å²) in [5.41, 5.74) is 2.51. The van der Waals surface area contributed by atoms with E-state index in [1.54, 1.807) is 26.6 Å². The summed E-state index contributed by atoms with van der Waals surface area (Å²) in [4.78, 5) is 29.7. The normalized spacial score (nSPS) is 17.7. The first-order valence-corrected chi connectivity index (χ1v) is 12.0. The summed E-state index contributed by atoms with van der Waals surface area (Å²) in [6.07, 6.45) is -0.182. The fourth-order valence-electron chi connectivity index (χ4n) is 4.41. The zero-order valence-corrected chi connectivity index (χ0v) is 20.1. The van der Waals surface area contributed by atoms with E-state index in [1.807, 2.05) is 43.3 Å². The topological polar surface area (TPSA) is 89.8 Å². The van der Waals surface area contributed by atoms with Crippen molar-refractivity contribution in [3.05, 3.63) is 76.1 Å². The van der Waals surface area contributed by atoms with E-state index < -0.39 is 0 Å². The first-order valence-electron chi connectivity index (χ1n) is 11.6. The first kappa shape index (κ1) is 23.3. The standard InChI is InChI=1S/C25H26ClN5O4/c1-2-34-21-6-4-3-5-19(21)24(32)29-11-13-30(14-12-29)25(33)23-20-16-35-22(15-31(20)28-27-23)17-7-9-18(26)10-8-17/h3-10,22H,2,11-16H2,1H3. The summed E-state index contributed by atoms with van der Waals surface area (Å²) in [7, 11) is 0. The molecule has 0 spiro atoms. The number of rotatable bonds is 5. The summed E-state index contributed by atoms with van der Waals surface area (Å²) >= 11 is 5.98. The second-order valence-corrected chi connectivity index (χ2v) is 8.87. The molecule has 35 heavy (non-hydrogen) atoms. The van der Waals surface area contributed by atoms with Gasteiger partial charge in [-0.15, -0.1) is 5.10 Å². The Labute approximate surface area is 208 Å². The van der Waals surface area contributed by atoms with E-state index >= 15 is 0 Å². The Morgan fingerprint density at radius 3 is 2.43 bits per heavy atom. The van der Waals surface area contributed by atoms with E-state index in [2.05, 4.69) is 10.3 Å². The highest BCUT2D eigenvalue weighted by Crippen LogP contribution is 2.28. The highest BCUT2D eigenvalue weighted by Gasteiger charge is 2.32. The van der Waals surface area contributed by atoms with Gasteiger partial charge in [0.15, 0.2) is 5.69 Å². The minimum atomic E-state index is -0.193. The lowest BCUT2D eigenvalue weighted by atomic mass is 10.1. The maximum atomic E-state index is 13.2. The molecule has 10 heteroatoms. The number of aromatic nitrogens is 3. The lowest BCUT2D eigenvalue weighted by Gasteiger charge is -2.35. The lowest BCUT2D eigenvalue weighted by Crippen LogP contribution is -2.51. The summed E-state index contributed by atoms with van der Waals surface area (Å²) in [5.74, 6) is 0.288. The molecule has 9 nitrogen and oxygen atoms in total. The number of piperazine rings is 1. The molecule has 0 aliphatic carbocycles. The van der Waals surface area contributed by atoms with Crippen LogP contribution in [0.5, 0.6) is 5.75 Å². The SMILES string of the molecule is CCOc1ccccc1C(=O)N1CCN(C(=O)c2nnn3c2COC(c2ccc(Cl)cc2)C3)CC1. The van der Waals surface area contributed by atoms with E-state index in [4.69, 9.17) is 21.1 Å². The van der Waals surface area contributed by atoms with Crippen LogP contribution in [0.4, 0.5) is 0 Å². The highest BCUT2D eigenvalue weighted by molar-refractivity contribution is 6.30. The van der Waals surface area contributed by atoms with Gasteiger partial charge in [-0.2, -0.15) is 0 Å². The Morgan fingerprint density at radius 1 is 1.03 bits per heavy atom. The van der Waals surface area contributed by atoms with E-state index in [1.165, 1.54) is 0 Å². The molecular formula is C25H26ClN5O4. The molecule has 0 radical (unpaired) electrons. The average Bonchev–Trinajstić information content (AvgIpc) is 3.32. The molecule has 2 amide bonds. The number of amides is 2. The van der Waals surface area contributed by atoms with Gasteiger partial charge in [0, 0.05) is 31.2 Å². The van der Waals surface area contributed by atoms with Crippen LogP contribution in [0.1, 0.15) is 45.1 Å². The molecule has 5 rings (SSSR count). The van der Waals surface area contributed by atoms with E-state index in [0.717, 1.165) is 5.56 Å². The van der Waals surface area contributed by atoms with Crippen molar-refractivity contribution in [2.24, 2.45) is 0 Å². The molecule has 1 unspecified atom stereocenters. The molecule has 0 N–H and O–H groups in total. The molecule has 2 aromatic carbocycles. The molecule has 2 aliphatic rings. The van der Waals surface area contributed by atoms with Crippen molar-refractivity contribution in [1.82, 2.24) is 24.8 Å². The molecule has 1 saturated heterocycles. The lowest BCUT2D eigenvalue weighted by molar-refractivity contribution is -0.00202. The van der Waals surface area contributed by atoms with Gasteiger partial charge in [0.2, 0.25) is 0 Å². The summed E-state index contributed by atoms with van der Waals surface area (Å²) in [6.45, 7) is 4.79. The van der Waals surface area contributed by atoms with Crippen LogP contribution in [0, 0.1) is 0 Å². The number of fused-ring (bicyclic) bond motifs is 1. The van der Waals surface area contributed by atoms with Gasteiger partial charge in [-0.25, -0.2) is 4.68 Å². The molecule has 2 aliphatic heterocycles. The average molecular weight is 496 g/mol. The van der Waals surface area contributed by atoms with Crippen LogP contribution < -0.4 is 4.74 Å². The summed E-state index contributed by atoms with van der Waals surface area (Å²) < 4.78 is 13.4. The van der Waals surface area contributed by atoms with Crippen molar-refractivity contribution < 1.29 is 19.1 Å². The van der Waals surface area contributed by atoms with Crippen LogP contribution in [0.25, 0.3) is 0 Å². The van der Waals surface area contributed by atoms with Gasteiger partial charge in [0.05, 0.1) is 31.0 Å². The Hall–Kier alpha value is -3.43. The van der Waals surface area contributed by atoms with Gasteiger partial charge in [-0.3, -0.25) is 9.59 Å². The maximum Gasteiger partial charge on any atom is 0.276 e. The molecule has 0 bridgehead atoms. The molecule has 182 valence electrons. The molecule has 1 fully saturated rings. The monoisotopic (exact) mass is 495 g/mol. The van der Waals surface area contributed by atoms with E-state index in [0.29, 0.717) is 67.1 Å². The fourth-order valence-corrected chi connectivity index (χ4v) is 4.54. The van der Waals surface area contributed by atoms with Crippen molar-refractivity contribution >= 4 is 23.4 Å². The number of nitrogens with zero attached hydrogens (tertiary/aromatic N) is 5. The van der Waals surface area contributed by atoms with Crippen molar-refractivity contribution in [2.75, 3.05) is 32.8 Å². The molecule has 0 saturated carbocycles. The fraction of sp³-hybridized carbons (Fsp3) is 0.360. The van der Waals surface area contributed by atoms with Gasteiger partial charge in [-0.1, -0.05) is 41.1 Å². The Kier molecular flexibility index (Phi) is 6.70. The molecule has 1 atom stereocenters. The largest absolute Gasteiger partial charge is 0.493 e. The van der Waals surface area contributed by atoms with Gasteiger partial charge >= 0.3 is 0 Å². The number of ether oxygens (including phenoxy) is 2. The second kappa shape index (κ2) is 10.1. The van der Waals surface area contributed by atoms with E-state index in [9.17, 15) is 9.59 Å². The Bertz CT molecular complexity index is 1220. The number of hydrogen-bond acceptors (Lipinski definition) is 6. The van der Waals surface area contributed by atoms with Gasteiger partial charge in [-0.05, 0) is 36.8 Å². The van der Waals surface area contributed by atoms with Crippen molar-refractivity contribution in [3.63, 3.8) is 0 Å².